The van der Waals surface area contributed by atoms with Crippen molar-refractivity contribution in [2.45, 2.75) is 33.3 Å². The molecular weight excluding hydrogens is 260 g/mol. The number of nitrogens with zero attached hydrogens (tertiary/aromatic N) is 1. The number of esters is 1. The molecule has 0 saturated carbocycles. The van der Waals surface area contributed by atoms with E-state index < -0.39 is 17.9 Å². The summed E-state index contributed by atoms with van der Waals surface area (Å²) in [5, 5.41) is 12.0. The van der Waals surface area contributed by atoms with Crippen molar-refractivity contribution < 1.29 is 19.4 Å². The second-order valence-corrected chi connectivity index (χ2v) is 4.60. The Morgan fingerprint density at radius 3 is 2.75 bits per heavy atom. The Morgan fingerprint density at radius 2 is 2.20 bits per heavy atom. The molecule has 0 bridgehead atoms. The topological polar surface area (TPSA) is 88.5 Å². The van der Waals surface area contributed by atoms with E-state index >= 15 is 0 Å². The molecule has 0 aliphatic rings. The number of ether oxygens (including phenoxy) is 1. The van der Waals surface area contributed by atoms with Crippen LogP contribution in [0.1, 0.15) is 25.8 Å². The number of carbonyl (C=O) groups excluding carboxylic acids is 1. The predicted molar refractivity (Wildman–Crippen MR) is 74.4 cm³/mol. The molecule has 1 aromatic rings. The number of hydrogen-bond acceptors (Lipinski definition) is 5. The first-order valence-corrected chi connectivity index (χ1v) is 6.54. The average molecular weight is 280 g/mol. The minimum absolute atomic E-state index is 0.0531. The maximum absolute atomic E-state index is 11.8. The van der Waals surface area contributed by atoms with Crippen molar-refractivity contribution >= 4 is 17.8 Å². The van der Waals surface area contributed by atoms with Crippen LogP contribution in [0.2, 0.25) is 0 Å². The fourth-order valence-corrected chi connectivity index (χ4v) is 1.50. The molecule has 1 heterocycles. The van der Waals surface area contributed by atoms with Gasteiger partial charge >= 0.3 is 11.9 Å². The molecule has 0 aliphatic heterocycles. The monoisotopic (exact) mass is 280 g/mol. The van der Waals surface area contributed by atoms with Crippen LogP contribution in [0.15, 0.2) is 18.3 Å². The first-order valence-electron chi connectivity index (χ1n) is 6.54. The molecule has 0 fully saturated rings. The van der Waals surface area contributed by atoms with Crippen molar-refractivity contribution in [2.75, 3.05) is 11.9 Å². The van der Waals surface area contributed by atoms with Crippen molar-refractivity contribution in [1.29, 1.82) is 0 Å². The number of nitrogens with one attached hydrogen (secondary N) is 1. The molecule has 6 nitrogen and oxygen atoms in total. The summed E-state index contributed by atoms with van der Waals surface area (Å²) in [5.41, 5.74) is 0.881. The Bertz CT molecular complexity index is 476. The summed E-state index contributed by atoms with van der Waals surface area (Å²) >= 11 is 0. The summed E-state index contributed by atoms with van der Waals surface area (Å²) in [6, 6.07) is 3.63. The zero-order valence-corrected chi connectivity index (χ0v) is 11.9. The molecule has 1 rings (SSSR count). The van der Waals surface area contributed by atoms with E-state index in [0.29, 0.717) is 12.2 Å². The quantitative estimate of drug-likeness (QED) is 0.585. The molecule has 0 amide bonds. The normalized spacial score (nSPS) is 13.3. The van der Waals surface area contributed by atoms with Crippen LogP contribution in [0.4, 0.5) is 5.82 Å². The molecular formula is C14H20N2O4. The molecule has 0 spiro atoms. The molecule has 0 radical (unpaired) electrons. The second-order valence-electron chi connectivity index (χ2n) is 4.60. The fraction of sp³-hybridized carbons (Fsp3) is 0.500. The maximum Gasteiger partial charge on any atom is 0.322 e. The van der Waals surface area contributed by atoms with E-state index in [1.807, 2.05) is 19.9 Å². The Balaban J connectivity index is 2.66. The predicted octanol–water partition coefficient (Wildman–Crippen LogP) is 1.84. The lowest BCUT2D eigenvalue weighted by Gasteiger charge is -2.17. The van der Waals surface area contributed by atoms with Crippen LogP contribution < -0.4 is 5.32 Å². The summed E-state index contributed by atoms with van der Waals surface area (Å²) in [5.74, 6) is -2.62. The van der Waals surface area contributed by atoms with Crippen molar-refractivity contribution in [3.05, 3.63) is 23.9 Å². The van der Waals surface area contributed by atoms with E-state index in [-0.39, 0.29) is 12.6 Å². The Morgan fingerprint density at radius 1 is 1.50 bits per heavy atom. The molecule has 1 aromatic heterocycles. The Kier molecular flexibility index (Phi) is 5.96. The van der Waals surface area contributed by atoms with Crippen molar-refractivity contribution in [3.8, 4) is 0 Å². The van der Waals surface area contributed by atoms with Gasteiger partial charge in [-0.25, -0.2) is 4.98 Å². The van der Waals surface area contributed by atoms with Gasteiger partial charge in [0.2, 0.25) is 0 Å². The number of carboxylic acid groups (broad SMARTS) is 1. The minimum atomic E-state index is -1.24. The zero-order chi connectivity index (χ0) is 15.1. The van der Waals surface area contributed by atoms with Gasteiger partial charge in [-0.3, -0.25) is 9.59 Å². The molecule has 0 aliphatic carbocycles. The van der Waals surface area contributed by atoms with E-state index in [9.17, 15) is 9.59 Å². The van der Waals surface area contributed by atoms with Gasteiger partial charge in [0, 0.05) is 12.7 Å². The smallest absolute Gasteiger partial charge is 0.322 e. The van der Waals surface area contributed by atoms with E-state index in [0.717, 1.165) is 5.56 Å². The number of rotatable bonds is 7. The van der Waals surface area contributed by atoms with Crippen LogP contribution in [0.25, 0.3) is 0 Å². The fourth-order valence-electron chi connectivity index (χ4n) is 1.50. The number of anilines is 1. The molecule has 2 N–H and O–H groups in total. The highest BCUT2D eigenvalue weighted by atomic mass is 16.5. The SMILES string of the molecule is CCC(C)OC(=O)C(CNc1ncccc1C)C(=O)O. The van der Waals surface area contributed by atoms with Gasteiger partial charge in [0.05, 0.1) is 6.10 Å². The highest BCUT2D eigenvalue weighted by Crippen LogP contribution is 2.12. The molecule has 6 heteroatoms. The summed E-state index contributed by atoms with van der Waals surface area (Å²) in [7, 11) is 0. The zero-order valence-electron chi connectivity index (χ0n) is 11.9. The van der Waals surface area contributed by atoms with E-state index in [1.54, 1.807) is 19.2 Å². The highest BCUT2D eigenvalue weighted by molar-refractivity contribution is 5.94. The lowest BCUT2D eigenvalue weighted by Crippen LogP contribution is -2.34. The molecule has 2 atom stereocenters. The van der Waals surface area contributed by atoms with Crippen molar-refractivity contribution in [2.24, 2.45) is 5.92 Å². The number of aliphatic carboxylic acids is 1. The van der Waals surface area contributed by atoms with Gasteiger partial charge in [-0.2, -0.15) is 0 Å². The van der Waals surface area contributed by atoms with E-state index in [2.05, 4.69) is 10.3 Å². The molecule has 0 saturated heterocycles. The summed E-state index contributed by atoms with van der Waals surface area (Å²) in [6.07, 6.45) is 1.95. The van der Waals surface area contributed by atoms with E-state index in [1.165, 1.54) is 0 Å². The molecule has 2 unspecified atom stereocenters. The van der Waals surface area contributed by atoms with Gasteiger partial charge in [0.25, 0.3) is 0 Å². The first-order chi connectivity index (χ1) is 9.45. The van der Waals surface area contributed by atoms with Gasteiger partial charge in [-0.1, -0.05) is 13.0 Å². The number of pyridine rings is 1. The Hall–Kier alpha value is -2.11. The number of carbonyl (C=O) groups is 2. The lowest BCUT2D eigenvalue weighted by molar-refractivity contribution is -0.161. The third-order valence-electron chi connectivity index (χ3n) is 2.96. The average Bonchev–Trinajstić information content (AvgIpc) is 2.40. The third kappa shape index (κ3) is 4.53. The van der Waals surface area contributed by atoms with Gasteiger partial charge in [-0.15, -0.1) is 0 Å². The maximum atomic E-state index is 11.8. The highest BCUT2D eigenvalue weighted by Gasteiger charge is 2.29. The van der Waals surface area contributed by atoms with Gasteiger partial charge in [0.15, 0.2) is 5.92 Å². The summed E-state index contributed by atoms with van der Waals surface area (Å²) in [4.78, 5) is 27.0. The van der Waals surface area contributed by atoms with Crippen LogP contribution in [0, 0.1) is 12.8 Å². The number of hydrogen-bond donors (Lipinski definition) is 2. The van der Waals surface area contributed by atoms with Crippen molar-refractivity contribution in [3.63, 3.8) is 0 Å². The first kappa shape index (κ1) is 15.9. The van der Waals surface area contributed by atoms with Crippen LogP contribution in [0.5, 0.6) is 0 Å². The van der Waals surface area contributed by atoms with Gasteiger partial charge in [-0.05, 0) is 31.9 Å². The summed E-state index contributed by atoms with van der Waals surface area (Å²) in [6.45, 7) is 5.39. The molecule has 0 aromatic carbocycles. The minimum Gasteiger partial charge on any atom is -0.481 e. The van der Waals surface area contributed by atoms with Crippen LogP contribution >= 0.6 is 0 Å². The summed E-state index contributed by atoms with van der Waals surface area (Å²) < 4.78 is 5.06. The van der Waals surface area contributed by atoms with Crippen LogP contribution in [-0.4, -0.2) is 34.7 Å². The van der Waals surface area contributed by atoms with Crippen molar-refractivity contribution in [1.82, 2.24) is 4.98 Å². The third-order valence-corrected chi connectivity index (χ3v) is 2.96. The van der Waals surface area contributed by atoms with Crippen LogP contribution in [-0.2, 0) is 14.3 Å². The van der Waals surface area contributed by atoms with Crippen LogP contribution in [0.3, 0.4) is 0 Å². The van der Waals surface area contributed by atoms with Gasteiger partial charge < -0.3 is 15.2 Å². The Labute approximate surface area is 118 Å². The molecule has 20 heavy (non-hydrogen) atoms. The lowest BCUT2D eigenvalue weighted by atomic mass is 10.1. The largest absolute Gasteiger partial charge is 0.481 e. The van der Waals surface area contributed by atoms with Gasteiger partial charge in [0.1, 0.15) is 5.82 Å². The number of aromatic nitrogens is 1. The van der Waals surface area contributed by atoms with E-state index in [4.69, 9.17) is 9.84 Å². The molecule has 110 valence electrons. The number of aryl methyl sites for hydroxylation is 1. The number of carboxylic acids is 1. The standard InChI is InChI=1S/C14H20N2O4/c1-4-10(3)20-14(19)11(13(17)18)8-16-12-9(2)6-5-7-15-12/h5-7,10-11H,4,8H2,1-3H3,(H,15,16)(H,17,18). The second kappa shape index (κ2) is 7.47.